The summed E-state index contributed by atoms with van der Waals surface area (Å²) < 4.78 is 0. The van der Waals surface area contributed by atoms with Gasteiger partial charge >= 0.3 is 0 Å². The lowest BCUT2D eigenvalue weighted by Crippen LogP contribution is -2.40. The third kappa shape index (κ3) is 3.19. The average Bonchev–Trinajstić information content (AvgIpc) is 2.92. The molecule has 1 aliphatic rings. The molecule has 3 rings (SSSR count). The Kier molecular flexibility index (Phi) is 4.40. The minimum atomic E-state index is 0.631. The van der Waals surface area contributed by atoms with Crippen LogP contribution in [0.4, 0.5) is 5.82 Å². The van der Waals surface area contributed by atoms with E-state index in [-0.39, 0.29) is 0 Å². The Labute approximate surface area is 130 Å². The second kappa shape index (κ2) is 6.28. The molecule has 0 saturated carbocycles. The zero-order chi connectivity index (χ0) is 14.8. The second-order valence-corrected chi connectivity index (χ2v) is 7.01. The third-order valence-electron chi connectivity index (χ3n) is 4.31. The van der Waals surface area contributed by atoms with E-state index in [1.165, 1.54) is 12.8 Å². The zero-order valence-corrected chi connectivity index (χ0v) is 13.9. The third-order valence-corrected chi connectivity index (χ3v) is 5.11. The molecule has 0 aliphatic carbocycles. The van der Waals surface area contributed by atoms with Gasteiger partial charge in [0.25, 0.3) is 0 Å². The van der Waals surface area contributed by atoms with Gasteiger partial charge in [0.1, 0.15) is 16.5 Å². The fourth-order valence-corrected chi connectivity index (χ4v) is 3.84. The molecule has 0 bridgehead atoms. The molecule has 2 atom stereocenters. The number of nitrogens with one attached hydrogen (secondary N) is 1. The number of nitrogens with zero attached hydrogens (tertiary/aromatic N) is 3. The first kappa shape index (κ1) is 14.7. The van der Waals surface area contributed by atoms with E-state index in [0.29, 0.717) is 6.04 Å². The Balaban J connectivity index is 1.86. The lowest BCUT2D eigenvalue weighted by atomic mass is 9.95. The van der Waals surface area contributed by atoms with Crippen LogP contribution in [0.5, 0.6) is 0 Å². The number of hydrogen-bond acceptors (Lipinski definition) is 5. The maximum Gasteiger partial charge on any atom is 0.146 e. The van der Waals surface area contributed by atoms with Crippen LogP contribution in [0.15, 0.2) is 11.4 Å². The Morgan fingerprint density at radius 2 is 2.19 bits per heavy atom. The summed E-state index contributed by atoms with van der Waals surface area (Å²) in [5.74, 6) is 2.71. The van der Waals surface area contributed by atoms with Crippen molar-refractivity contribution in [3.05, 3.63) is 17.3 Å². The molecular formula is C16H24N4S. The number of likely N-dealkylation sites (tertiary alicyclic amines) is 1. The smallest absolute Gasteiger partial charge is 0.146 e. The molecule has 1 N–H and O–H groups in total. The van der Waals surface area contributed by atoms with E-state index >= 15 is 0 Å². The molecular weight excluding hydrogens is 280 g/mol. The summed E-state index contributed by atoms with van der Waals surface area (Å²) in [7, 11) is 0. The molecule has 1 aliphatic heterocycles. The van der Waals surface area contributed by atoms with Gasteiger partial charge < -0.3 is 5.32 Å². The molecule has 21 heavy (non-hydrogen) atoms. The molecule has 2 aromatic rings. The molecule has 1 saturated heterocycles. The van der Waals surface area contributed by atoms with Crippen molar-refractivity contribution < 1.29 is 0 Å². The van der Waals surface area contributed by atoms with Crippen molar-refractivity contribution in [3.8, 4) is 0 Å². The van der Waals surface area contributed by atoms with Gasteiger partial charge in [0.05, 0.1) is 11.9 Å². The van der Waals surface area contributed by atoms with Gasteiger partial charge in [-0.05, 0) is 44.1 Å². The zero-order valence-electron chi connectivity index (χ0n) is 13.1. The Morgan fingerprint density at radius 1 is 1.33 bits per heavy atom. The molecule has 2 unspecified atom stereocenters. The molecule has 3 heterocycles. The van der Waals surface area contributed by atoms with Crippen LogP contribution in [0.25, 0.3) is 10.2 Å². The standard InChI is InChI=1S/C16H24N4S/c1-4-17-15-13-7-8-21-16(13)19-14(18-15)10-20-9-11(2)5-6-12(20)3/h7-8,11-12H,4-6,9-10H2,1-3H3,(H,17,18,19). The van der Waals surface area contributed by atoms with Gasteiger partial charge in [-0.25, -0.2) is 9.97 Å². The highest BCUT2D eigenvalue weighted by molar-refractivity contribution is 7.16. The van der Waals surface area contributed by atoms with Crippen molar-refractivity contribution in [1.29, 1.82) is 0 Å². The van der Waals surface area contributed by atoms with Gasteiger partial charge in [0.2, 0.25) is 0 Å². The summed E-state index contributed by atoms with van der Waals surface area (Å²) in [6.45, 7) is 9.67. The van der Waals surface area contributed by atoms with Gasteiger partial charge in [-0.3, -0.25) is 4.90 Å². The number of anilines is 1. The Bertz CT molecular complexity index is 609. The van der Waals surface area contributed by atoms with Crippen LogP contribution < -0.4 is 5.32 Å². The first-order valence-corrected chi connectivity index (χ1v) is 8.77. The van der Waals surface area contributed by atoms with Crippen LogP contribution in [0.3, 0.4) is 0 Å². The highest BCUT2D eigenvalue weighted by Gasteiger charge is 2.24. The summed E-state index contributed by atoms with van der Waals surface area (Å²) in [6, 6.07) is 2.74. The quantitative estimate of drug-likeness (QED) is 0.934. The van der Waals surface area contributed by atoms with Gasteiger partial charge in [0, 0.05) is 19.1 Å². The maximum atomic E-state index is 4.76. The predicted molar refractivity (Wildman–Crippen MR) is 89.8 cm³/mol. The Hall–Kier alpha value is -1.20. The van der Waals surface area contributed by atoms with Crippen LogP contribution in [-0.4, -0.2) is 34.0 Å². The number of fused-ring (bicyclic) bond motifs is 1. The van der Waals surface area contributed by atoms with Crippen molar-refractivity contribution in [3.63, 3.8) is 0 Å². The fraction of sp³-hybridized carbons (Fsp3) is 0.625. The molecule has 5 heteroatoms. The first-order chi connectivity index (χ1) is 10.2. The highest BCUT2D eigenvalue weighted by Crippen LogP contribution is 2.27. The van der Waals surface area contributed by atoms with E-state index in [9.17, 15) is 0 Å². The van der Waals surface area contributed by atoms with E-state index in [0.717, 1.165) is 47.4 Å². The molecule has 114 valence electrons. The highest BCUT2D eigenvalue weighted by atomic mass is 32.1. The summed E-state index contributed by atoms with van der Waals surface area (Å²) in [6.07, 6.45) is 2.62. The minimum absolute atomic E-state index is 0.631. The average molecular weight is 304 g/mol. The summed E-state index contributed by atoms with van der Waals surface area (Å²) in [4.78, 5) is 13.1. The van der Waals surface area contributed by atoms with Crippen molar-refractivity contribution in [2.24, 2.45) is 5.92 Å². The van der Waals surface area contributed by atoms with Crippen molar-refractivity contribution >= 4 is 27.4 Å². The van der Waals surface area contributed by atoms with Gasteiger partial charge in [-0.1, -0.05) is 6.92 Å². The van der Waals surface area contributed by atoms with Crippen LogP contribution in [-0.2, 0) is 6.54 Å². The van der Waals surface area contributed by atoms with Crippen LogP contribution in [0, 0.1) is 5.92 Å². The van der Waals surface area contributed by atoms with Crippen LogP contribution >= 0.6 is 11.3 Å². The lowest BCUT2D eigenvalue weighted by molar-refractivity contribution is 0.114. The number of thiophene rings is 1. The van der Waals surface area contributed by atoms with Crippen LogP contribution in [0.1, 0.15) is 39.4 Å². The predicted octanol–water partition coefficient (Wildman–Crippen LogP) is 3.74. The largest absolute Gasteiger partial charge is 0.370 e. The number of hydrogen-bond donors (Lipinski definition) is 1. The van der Waals surface area contributed by atoms with E-state index in [2.05, 4.69) is 42.4 Å². The lowest BCUT2D eigenvalue weighted by Gasteiger charge is -2.36. The normalized spacial score (nSPS) is 23.6. The maximum absolute atomic E-state index is 4.76. The molecule has 0 spiro atoms. The van der Waals surface area contributed by atoms with E-state index in [4.69, 9.17) is 9.97 Å². The van der Waals surface area contributed by atoms with Gasteiger partial charge in [-0.15, -0.1) is 11.3 Å². The molecule has 0 amide bonds. The monoisotopic (exact) mass is 304 g/mol. The minimum Gasteiger partial charge on any atom is -0.370 e. The van der Waals surface area contributed by atoms with Crippen molar-refractivity contribution in [2.45, 2.75) is 46.2 Å². The number of aromatic nitrogens is 2. The van der Waals surface area contributed by atoms with Gasteiger partial charge in [0.15, 0.2) is 0 Å². The second-order valence-electron chi connectivity index (χ2n) is 6.12. The first-order valence-electron chi connectivity index (χ1n) is 7.89. The van der Waals surface area contributed by atoms with Gasteiger partial charge in [-0.2, -0.15) is 0 Å². The summed E-state index contributed by atoms with van der Waals surface area (Å²) in [5.41, 5.74) is 0. The summed E-state index contributed by atoms with van der Waals surface area (Å²) >= 11 is 1.70. The van der Waals surface area contributed by atoms with Crippen molar-refractivity contribution in [2.75, 3.05) is 18.4 Å². The summed E-state index contributed by atoms with van der Waals surface area (Å²) in [5, 5.41) is 6.61. The molecule has 4 nitrogen and oxygen atoms in total. The van der Waals surface area contributed by atoms with Crippen molar-refractivity contribution in [1.82, 2.24) is 14.9 Å². The van der Waals surface area contributed by atoms with E-state index in [1.807, 2.05) is 0 Å². The fourth-order valence-electron chi connectivity index (χ4n) is 3.05. The SMILES string of the molecule is CCNc1nc(CN2CC(C)CCC2C)nc2sccc12. The molecule has 0 aromatic carbocycles. The van der Waals surface area contributed by atoms with E-state index < -0.39 is 0 Å². The number of piperidine rings is 1. The van der Waals surface area contributed by atoms with Crippen LogP contribution in [0.2, 0.25) is 0 Å². The number of rotatable bonds is 4. The molecule has 1 fully saturated rings. The Morgan fingerprint density at radius 3 is 3.00 bits per heavy atom. The topological polar surface area (TPSA) is 41.1 Å². The molecule has 0 radical (unpaired) electrons. The molecule has 2 aromatic heterocycles. The van der Waals surface area contributed by atoms with E-state index in [1.54, 1.807) is 11.3 Å².